The topological polar surface area (TPSA) is 19.6 Å². The number of fused-ring (bicyclic) bond motifs is 7. The van der Waals surface area contributed by atoms with Gasteiger partial charge in [-0.3, -0.25) is 0 Å². The van der Waals surface area contributed by atoms with E-state index in [1.807, 2.05) is 0 Å². The minimum atomic E-state index is 0.855. The Labute approximate surface area is 295 Å². The van der Waals surface area contributed by atoms with E-state index in [1.165, 1.54) is 21.5 Å². The maximum absolute atomic E-state index is 6.78. The fourth-order valence-electron chi connectivity index (χ4n) is 7.73. The third kappa shape index (κ3) is 4.82. The van der Waals surface area contributed by atoms with E-state index in [0.717, 1.165) is 66.8 Å². The number of hydrogen-bond donors (Lipinski definition) is 0. The zero-order valence-electron chi connectivity index (χ0n) is 27.8. The molecular formula is C48H32N2O. The summed E-state index contributed by atoms with van der Waals surface area (Å²) in [5.74, 6) is 0. The van der Waals surface area contributed by atoms with E-state index in [1.54, 1.807) is 0 Å². The fourth-order valence-corrected chi connectivity index (χ4v) is 7.73. The smallest absolute Gasteiger partial charge is 0.138 e. The standard InChI is InChI=1S/C48H32N2O/c1-3-19-35(20-4-1)49(43-27-13-17-33-15-7-9-23-38(33)43)37-29-30-46-42(31-37)48-41-26-12-11-25-40(41)45(32-47(48)51-46)50(36-21-5-2-6-22-36)44-28-14-18-34-16-8-10-24-39(34)44/h1-32H. The molecule has 0 amide bonds. The van der Waals surface area contributed by atoms with Crippen LogP contribution in [-0.2, 0) is 0 Å². The maximum atomic E-state index is 6.78. The average molecular weight is 653 g/mol. The van der Waals surface area contributed by atoms with Crippen LogP contribution in [0.15, 0.2) is 199 Å². The first-order valence-electron chi connectivity index (χ1n) is 17.4. The maximum Gasteiger partial charge on any atom is 0.138 e. The zero-order chi connectivity index (χ0) is 33.7. The van der Waals surface area contributed by atoms with Gasteiger partial charge in [0.2, 0.25) is 0 Å². The molecule has 0 N–H and O–H groups in total. The lowest BCUT2D eigenvalue weighted by Crippen LogP contribution is -2.11. The molecule has 0 saturated heterocycles. The molecule has 0 bridgehead atoms. The largest absolute Gasteiger partial charge is 0.456 e. The van der Waals surface area contributed by atoms with E-state index in [-0.39, 0.29) is 0 Å². The molecule has 9 aromatic carbocycles. The van der Waals surface area contributed by atoms with Crippen molar-refractivity contribution in [2.24, 2.45) is 0 Å². The van der Waals surface area contributed by atoms with Crippen molar-refractivity contribution >= 4 is 88.4 Å². The van der Waals surface area contributed by atoms with Gasteiger partial charge in [-0.05, 0) is 70.8 Å². The third-order valence-electron chi connectivity index (χ3n) is 9.98. The van der Waals surface area contributed by atoms with Crippen molar-refractivity contribution in [3.8, 4) is 0 Å². The lowest BCUT2D eigenvalue weighted by atomic mass is 9.99. The van der Waals surface area contributed by atoms with Gasteiger partial charge in [0.05, 0.1) is 17.1 Å². The Morgan fingerprint density at radius 3 is 1.45 bits per heavy atom. The van der Waals surface area contributed by atoms with E-state index < -0.39 is 0 Å². The first kappa shape index (κ1) is 29.1. The second-order valence-electron chi connectivity index (χ2n) is 12.9. The van der Waals surface area contributed by atoms with E-state index in [0.29, 0.717) is 0 Å². The molecule has 0 aliphatic rings. The molecule has 0 unspecified atom stereocenters. The molecule has 0 fully saturated rings. The predicted molar refractivity (Wildman–Crippen MR) is 216 cm³/mol. The van der Waals surface area contributed by atoms with E-state index in [2.05, 4.69) is 204 Å². The molecule has 0 atom stereocenters. The molecule has 51 heavy (non-hydrogen) atoms. The van der Waals surface area contributed by atoms with Crippen LogP contribution in [0, 0.1) is 0 Å². The summed E-state index contributed by atoms with van der Waals surface area (Å²) in [4.78, 5) is 4.73. The first-order valence-corrected chi connectivity index (χ1v) is 17.4. The second-order valence-corrected chi connectivity index (χ2v) is 12.9. The molecule has 0 aliphatic heterocycles. The van der Waals surface area contributed by atoms with Crippen molar-refractivity contribution in [1.29, 1.82) is 0 Å². The Balaban J connectivity index is 1.23. The van der Waals surface area contributed by atoms with Crippen molar-refractivity contribution in [2.45, 2.75) is 0 Å². The van der Waals surface area contributed by atoms with Gasteiger partial charge in [-0.2, -0.15) is 0 Å². The zero-order valence-corrected chi connectivity index (χ0v) is 27.8. The van der Waals surface area contributed by atoms with Crippen molar-refractivity contribution in [1.82, 2.24) is 0 Å². The Bertz CT molecular complexity index is 2870. The van der Waals surface area contributed by atoms with Gasteiger partial charge in [-0.1, -0.05) is 133 Å². The minimum Gasteiger partial charge on any atom is -0.456 e. The molecule has 240 valence electrons. The van der Waals surface area contributed by atoms with Crippen LogP contribution in [-0.4, -0.2) is 0 Å². The van der Waals surface area contributed by atoms with Gasteiger partial charge in [0, 0.05) is 50.1 Å². The van der Waals surface area contributed by atoms with Gasteiger partial charge < -0.3 is 14.2 Å². The summed E-state index contributed by atoms with van der Waals surface area (Å²) >= 11 is 0. The van der Waals surface area contributed by atoms with Gasteiger partial charge in [-0.25, -0.2) is 0 Å². The predicted octanol–water partition coefficient (Wildman–Crippen LogP) is 14.0. The van der Waals surface area contributed by atoms with Crippen LogP contribution >= 0.6 is 0 Å². The summed E-state index contributed by atoms with van der Waals surface area (Å²) in [5.41, 5.74) is 8.30. The van der Waals surface area contributed by atoms with Gasteiger partial charge in [0.25, 0.3) is 0 Å². The van der Waals surface area contributed by atoms with Crippen LogP contribution in [0.5, 0.6) is 0 Å². The van der Waals surface area contributed by atoms with Crippen LogP contribution in [0.1, 0.15) is 0 Å². The van der Waals surface area contributed by atoms with Crippen LogP contribution in [0.3, 0.4) is 0 Å². The Hall–Kier alpha value is -6.84. The van der Waals surface area contributed by atoms with Crippen LogP contribution < -0.4 is 9.80 Å². The van der Waals surface area contributed by atoms with Crippen molar-refractivity contribution in [3.05, 3.63) is 194 Å². The summed E-state index contributed by atoms with van der Waals surface area (Å²) in [5, 5.41) is 9.31. The minimum absolute atomic E-state index is 0.855. The number of rotatable bonds is 6. The summed E-state index contributed by atoms with van der Waals surface area (Å²) < 4.78 is 6.78. The van der Waals surface area contributed by atoms with Crippen molar-refractivity contribution in [3.63, 3.8) is 0 Å². The fraction of sp³-hybridized carbons (Fsp3) is 0. The average Bonchev–Trinajstić information content (AvgIpc) is 3.57. The Morgan fingerprint density at radius 2 is 0.804 bits per heavy atom. The molecule has 0 saturated carbocycles. The quantitative estimate of drug-likeness (QED) is 0.178. The summed E-state index contributed by atoms with van der Waals surface area (Å²) in [6, 6.07) is 69.0. The molecule has 0 aliphatic carbocycles. The molecule has 10 rings (SSSR count). The number of nitrogens with zero attached hydrogens (tertiary/aromatic N) is 2. The molecule has 3 nitrogen and oxygen atoms in total. The van der Waals surface area contributed by atoms with Crippen molar-refractivity contribution < 1.29 is 4.42 Å². The lowest BCUT2D eigenvalue weighted by Gasteiger charge is -2.28. The number of para-hydroxylation sites is 2. The highest BCUT2D eigenvalue weighted by Crippen LogP contribution is 2.47. The molecule has 1 aromatic heterocycles. The molecule has 1 heterocycles. The first-order chi connectivity index (χ1) is 25.3. The van der Waals surface area contributed by atoms with Gasteiger partial charge in [0.1, 0.15) is 11.2 Å². The van der Waals surface area contributed by atoms with Gasteiger partial charge in [-0.15, -0.1) is 0 Å². The van der Waals surface area contributed by atoms with Gasteiger partial charge in [0.15, 0.2) is 0 Å². The van der Waals surface area contributed by atoms with Crippen LogP contribution in [0.2, 0.25) is 0 Å². The van der Waals surface area contributed by atoms with E-state index >= 15 is 0 Å². The SMILES string of the molecule is c1ccc(N(c2ccc3oc4cc(N(c5ccccc5)c5cccc6ccccc56)c5ccccc5c4c3c2)c2cccc3ccccc23)cc1. The third-order valence-corrected chi connectivity index (χ3v) is 9.98. The molecule has 3 heteroatoms. The van der Waals surface area contributed by atoms with Crippen LogP contribution in [0.4, 0.5) is 34.1 Å². The van der Waals surface area contributed by atoms with E-state index in [4.69, 9.17) is 4.42 Å². The molecule has 0 spiro atoms. The molecule has 10 aromatic rings. The van der Waals surface area contributed by atoms with Crippen molar-refractivity contribution in [2.75, 3.05) is 9.80 Å². The Morgan fingerprint density at radius 1 is 0.294 bits per heavy atom. The van der Waals surface area contributed by atoms with E-state index in [9.17, 15) is 0 Å². The highest BCUT2D eigenvalue weighted by atomic mass is 16.3. The summed E-state index contributed by atoms with van der Waals surface area (Å²) in [6.07, 6.45) is 0. The molecular weight excluding hydrogens is 621 g/mol. The Kier molecular flexibility index (Phi) is 6.81. The number of benzene rings is 9. The normalized spacial score (nSPS) is 11.5. The summed E-state index contributed by atoms with van der Waals surface area (Å²) in [6.45, 7) is 0. The number of hydrogen-bond acceptors (Lipinski definition) is 3. The van der Waals surface area contributed by atoms with Gasteiger partial charge >= 0.3 is 0 Å². The van der Waals surface area contributed by atoms with Crippen LogP contribution in [0.25, 0.3) is 54.3 Å². The second kappa shape index (κ2) is 11.9. The molecule has 0 radical (unpaired) electrons. The lowest BCUT2D eigenvalue weighted by molar-refractivity contribution is 0.669. The summed E-state index contributed by atoms with van der Waals surface area (Å²) in [7, 11) is 0. The highest BCUT2D eigenvalue weighted by molar-refractivity contribution is 6.23. The monoisotopic (exact) mass is 652 g/mol. The highest BCUT2D eigenvalue weighted by Gasteiger charge is 2.23. The number of anilines is 6. The number of furan rings is 1.